The third kappa shape index (κ3) is 5.08. The minimum Gasteiger partial charge on any atom is -0.299 e. The Morgan fingerprint density at radius 3 is 2.37 bits per heavy atom. The van der Waals surface area contributed by atoms with E-state index in [1.165, 1.54) is 22.5 Å². The molecule has 0 atom stereocenters. The van der Waals surface area contributed by atoms with Crippen LogP contribution in [0.2, 0.25) is 10.0 Å². The van der Waals surface area contributed by atoms with Gasteiger partial charge >= 0.3 is 0 Å². The predicted octanol–water partition coefficient (Wildman–Crippen LogP) is 3.99. The van der Waals surface area contributed by atoms with Crippen molar-refractivity contribution >= 4 is 39.0 Å². The maximum absolute atomic E-state index is 12.8. The molecule has 8 heteroatoms. The van der Waals surface area contributed by atoms with E-state index in [0.29, 0.717) is 38.8 Å². The lowest BCUT2D eigenvalue weighted by molar-refractivity contribution is -0.123. The van der Waals surface area contributed by atoms with Crippen LogP contribution in [0, 0.1) is 5.92 Å². The summed E-state index contributed by atoms with van der Waals surface area (Å²) in [5.41, 5.74) is 0.892. The van der Waals surface area contributed by atoms with E-state index in [-0.39, 0.29) is 26.6 Å². The highest BCUT2D eigenvalue weighted by atomic mass is 35.5. The monoisotopic (exact) mass is 426 g/mol. The Bertz CT molecular complexity index is 892. The number of benzene rings is 1. The molecular formula is C19H20Cl2N2O3S. The van der Waals surface area contributed by atoms with Crippen LogP contribution in [0.5, 0.6) is 0 Å². The Kier molecular flexibility index (Phi) is 6.52. The van der Waals surface area contributed by atoms with Gasteiger partial charge in [0, 0.05) is 47.4 Å². The molecule has 3 rings (SSSR count). The van der Waals surface area contributed by atoms with Crippen molar-refractivity contribution in [2.45, 2.75) is 30.6 Å². The average Bonchev–Trinajstić information content (AvgIpc) is 2.66. The van der Waals surface area contributed by atoms with Gasteiger partial charge in [-0.05, 0) is 49.6 Å². The van der Waals surface area contributed by atoms with Crippen LogP contribution in [0.25, 0.3) is 0 Å². The number of rotatable bonds is 6. The lowest BCUT2D eigenvalue weighted by Crippen LogP contribution is -2.40. The second-order valence-electron chi connectivity index (χ2n) is 6.57. The van der Waals surface area contributed by atoms with Gasteiger partial charge in [0.05, 0.1) is 4.90 Å². The fourth-order valence-corrected chi connectivity index (χ4v) is 5.44. The van der Waals surface area contributed by atoms with Gasteiger partial charge in [-0.15, -0.1) is 0 Å². The second-order valence-corrected chi connectivity index (χ2v) is 9.38. The summed E-state index contributed by atoms with van der Waals surface area (Å²) in [6.45, 7) is 0.624. The van der Waals surface area contributed by atoms with Gasteiger partial charge in [-0.2, -0.15) is 4.31 Å². The summed E-state index contributed by atoms with van der Waals surface area (Å²) in [7, 11) is -3.67. The van der Waals surface area contributed by atoms with Gasteiger partial charge in [0.1, 0.15) is 5.78 Å². The normalized spacial score (nSPS) is 16.4. The molecule has 1 saturated heterocycles. The molecule has 2 heterocycles. The molecule has 0 amide bonds. The number of aryl methyl sites for hydroxylation is 1. The van der Waals surface area contributed by atoms with E-state index >= 15 is 0 Å². The first kappa shape index (κ1) is 20.3. The summed E-state index contributed by atoms with van der Waals surface area (Å²) < 4.78 is 27.0. The highest BCUT2D eigenvalue weighted by molar-refractivity contribution is 7.89. The smallest absolute Gasteiger partial charge is 0.243 e. The number of nitrogens with zero attached hydrogens (tertiary/aromatic N) is 2. The number of pyridine rings is 1. The molecule has 5 nitrogen and oxygen atoms in total. The Morgan fingerprint density at radius 2 is 1.78 bits per heavy atom. The van der Waals surface area contributed by atoms with Crippen LogP contribution in [0.4, 0.5) is 0 Å². The van der Waals surface area contributed by atoms with Gasteiger partial charge in [-0.1, -0.05) is 29.3 Å². The molecule has 1 aliphatic rings. The van der Waals surface area contributed by atoms with Gasteiger partial charge in [-0.25, -0.2) is 8.42 Å². The van der Waals surface area contributed by atoms with Crippen molar-refractivity contribution < 1.29 is 13.2 Å². The number of sulfonamides is 1. The number of carbonyl (C=O) groups excluding carboxylic acids is 1. The van der Waals surface area contributed by atoms with Gasteiger partial charge in [-0.3, -0.25) is 9.78 Å². The SMILES string of the molecule is O=C(CCc1ccccn1)C1CCN(S(=O)(=O)c2cc(Cl)cc(Cl)c2)CC1. The van der Waals surface area contributed by atoms with Crippen molar-refractivity contribution in [1.82, 2.24) is 9.29 Å². The third-order valence-electron chi connectivity index (χ3n) is 4.74. The van der Waals surface area contributed by atoms with E-state index in [0.717, 1.165) is 5.69 Å². The molecule has 1 fully saturated rings. The Labute approximate surface area is 169 Å². The largest absolute Gasteiger partial charge is 0.299 e. The molecule has 27 heavy (non-hydrogen) atoms. The summed E-state index contributed by atoms with van der Waals surface area (Å²) in [4.78, 5) is 16.8. The van der Waals surface area contributed by atoms with Crippen LogP contribution in [0.3, 0.4) is 0 Å². The molecule has 2 aromatic rings. The highest BCUT2D eigenvalue weighted by Crippen LogP contribution is 2.28. The summed E-state index contributed by atoms with van der Waals surface area (Å²) >= 11 is 11.9. The van der Waals surface area contributed by atoms with E-state index in [2.05, 4.69) is 4.98 Å². The first-order valence-corrected chi connectivity index (χ1v) is 10.9. The van der Waals surface area contributed by atoms with E-state index < -0.39 is 10.0 Å². The molecule has 144 valence electrons. The molecule has 0 saturated carbocycles. The van der Waals surface area contributed by atoms with Crippen LogP contribution >= 0.6 is 23.2 Å². The van der Waals surface area contributed by atoms with Gasteiger partial charge in [0.25, 0.3) is 0 Å². The summed E-state index contributed by atoms with van der Waals surface area (Å²) in [5, 5.41) is 0.557. The molecule has 1 aliphatic heterocycles. The van der Waals surface area contributed by atoms with Crippen LogP contribution in [-0.2, 0) is 21.2 Å². The Morgan fingerprint density at radius 1 is 1.11 bits per heavy atom. The Balaban J connectivity index is 1.58. The van der Waals surface area contributed by atoms with Crippen molar-refractivity contribution in [2.24, 2.45) is 5.92 Å². The molecule has 0 N–H and O–H groups in total. The predicted molar refractivity (Wildman–Crippen MR) is 106 cm³/mol. The minimum absolute atomic E-state index is 0.0833. The first-order valence-electron chi connectivity index (χ1n) is 8.75. The molecule has 1 aromatic carbocycles. The number of piperidine rings is 1. The molecule has 0 radical (unpaired) electrons. The van der Waals surface area contributed by atoms with Crippen molar-refractivity contribution in [3.63, 3.8) is 0 Å². The zero-order valence-corrected chi connectivity index (χ0v) is 17.0. The summed E-state index contributed by atoms with van der Waals surface area (Å²) in [5.74, 6) is 0.0617. The van der Waals surface area contributed by atoms with Crippen molar-refractivity contribution in [1.29, 1.82) is 0 Å². The van der Waals surface area contributed by atoms with Gasteiger partial charge < -0.3 is 0 Å². The van der Waals surface area contributed by atoms with Crippen LogP contribution in [0.1, 0.15) is 25.0 Å². The zero-order chi connectivity index (χ0) is 19.4. The number of ketones is 1. The van der Waals surface area contributed by atoms with E-state index in [9.17, 15) is 13.2 Å². The number of hydrogen-bond donors (Lipinski definition) is 0. The topological polar surface area (TPSA) is 67.3 Å². The van der Waals surface area contributed by atoms with Crippen molar-refractivity contribution in [3.8, 4) is 0 Å². The van der Waals surface area contributed by atoms with Gasteiger partial charge in [0.15, 0.2) is 0 Å². The number of Topliss-reactive ketones (excluding diaryl/α,β-unsaturated/α-hetero) is 1. The van der Waals surface area contributed by atoms with Crippen LogP contribution < -0.4 is 0 Å². The fourth-order valence-electron chi connectivity index (χ4n) is 3.25. The number of aromatic nitrogens is 1. The minimum atomic E-state index is -3.67. The van der Waals surface area contributed by atoms with Crippen LogP contribution in [-0.4, -0.2) is 36.6 Å². The molecule has 0 bridgehead atoms. The molecule has 0 spiro atoms. The molecule has 0 unspecified atom stereocenters. The molecule has 1 aromatic heterocycles. The van der Waals surface area contributed by atoms with E-state index in [1.54, 1.807) is 6.20 Å². The first-order chi connectivity index (χ1) is 12.9. The maximum Gasteiger partial charge on any atom is 0.243 e. The fraction of sp³-hybridized carbons (Fsp3) is 0.368. The average molecular weight is 427 g/mol. The lowest BCUT2D eigenvalue weighted by Gasteiger charge is -2.30. The lowest BCUT2D eigenvalue weighted by atomic mass is 9.91. The summed E-state index contributed by atoms with van der Waals surface area (Å²) in [6.07, 6.45) is 3.80. The van der Waals surface area contributed by atoms with Gasteiger partial charge in [0.2, 0.25) is 10.0 Å². The van der Waals surface area contributed by atoms with E-state index in [1.807, 2.05) is 18.2 Å². The maximum atomic E-state index is 12.8. The molecular weight excluding hydrogens is 407 g/mol. The van der Waals surface area contributed by atoms with Crippen molar-refractivity contribution in [3.05, 3.63) is 58.3 Å². The number of hydrogen-bond acceptors (Lipinski definition) is 4. The Hall–Kier alpha value is -1.47. The standard InChI is InChI=1S/C19H20Cl2N2O3S/c20-15-11-16(21)13-18(12-15)27(25,26)23-9-6-14(7-10-23)19(24)5-4-17-3-1-2-8-22-17/h1-3,8,11-14H,4-7,9-10H2. The third-order valence-corrected chi connectivity index (χ3v) is 7.05. The quantitative estimate of drug-likeness (QED) is 0.699. The zero-order valence-electron chi connectivity index (χ0n) is 14.6. The molecule has 0 aliphatic carbocycles. The van der Waals surface area contributed by atoms with Crippen molar-refractivity contribution in [2.75, 3.05) is 13.1 Å². The number of carbonyl (C=O) groups is 1. The summed E-state index contributed by atoms with van der Waals surface area (Å²) in [6, 6.07) is 9.93. The van der Waals surface area contributed by atoms with E-state index in [4.69, 9.17) is 23.2 Å². The number of halogens is 2. The second kappa shape index (κ2) is 8.69. The van der Waals surface area contributed by atoms with Crippen LogP contribution in [0.15, 0.2) is 47.5 Å². The highest BCUT2D eigenvalue weighted by Gasteiger charge is 2.32.